The van der Waals surface area contributed by atoms with Crippen molar-refractivity contribution >= 4 is 16.9 Å². The third-order valence-corrected chi connectivity index (χ3v) is 5.93. The fourth-order valence-corrected chi connectivity index (χ4v) is 4.05. The van der Waals surface area contributed by atoms with E-state index in [1.54, 1.807) is 19.2 Å². The molecular formula is C28H31N3O2. The van der Waals surface area contributed by atoms with Gasteiger partial charge in [0.05, 0.1) is 29.7 Å². The summed E-state index contributed by atoms with van der Waals surface area (Å²) in [6.07, 6.45) is 0. The smallest absolute Gasteiger partial charge is 0.255 e. The van der Waals surface area contributed by atoms with Crippen LogP contribution in [0.3, 0.4) is 0 Å². The highest BCUT2D eigenvalue weighted by molar-refractivity contribution is 5.97. The molecule has 0 saturated heterocycles. The number of methoxy groups -OCH3 is 1. The molecule has 1 aromatic heterocycles. The summed E-state index contributed by atoms with van der Waals surface area (Å²) >= 11 is 0. The van der Waals surface area contributed by atoms with Gasteiger partial charge in [-0.3, -0.25) is 4.79 Å². The number of carbonyl (C=O) groups is 1. The second kappa shape index (κ2) is 9.10. The van der Waals surface area contributed by atoms with Gasteiger partial charge in [-0.05, 0) is 47.7 Å². The Bertz CT molecular complexity index is 1270. The summed E-state index contributed by atoms with van der Waals surface area (Å²) in [5.74, 6) is 1.18. The predicted molar refractivity (Wildman–Crippen MR) is 133 cm³/mol. The van der Waals surface area contributed by atoms with Crippen LogP contribution in [0, 0.1) is 0 Å². The van der Waals surface area contributed by atoms with Crippen LogP contribution in [-0.2, 0) is 12.0 Å². The maximum absolute atomic E-state index is 13.0. The molecule has 170 valence electrons. The van der Waals surface area contributed by atoms with E-state index in [0.717, 1.165) is 16.9 Å². The van der Waals surface area contributed by atoms with Crippen LogP contribution < -0.4 is 10.1 Å². The number of carbonyl (C=O) groups excluding carboxylic acids is 1. The summed E-state index contributed by atoms with van der Waals surface area (Å²) in [6.45, 7) is 9.30. The molecule has 0 radical (unpaired) electrons. The molecular weight excluding hydrogens is 410 g/mol. The lowest BCUT2D eigenvalue weighted by Gasteiger charge is -2.20. The maximum Gasteiger partial charge on any atom is 0.255 e. The number of ether oxygens (including phenoxy) is 1. The lowest BCUT2D eigenvalue weighted by Crippen LogP contribution is -2.29. The van der Waals surface area contributed by atoms with Crippen LogP contribution in [0.25, 0.3) is 11.0 Å². The number of nitrogens with zero attached hydrogens (tertiary/aromatic N) is 2. The van der Waals surface area contributed by atoms with E-state index in [-0.39, 0.29) is 17.4 Å². The number of aromatic nitrogens is 2. The van der Waals surface area contributed by atoms with Crippen LogP contribution in [0.15, 0.2) is 72.8 Å². The van der Waals surface area contributed by atoms with E-state index in [4.69, 9.17) is 9.72 Å². The minimum Gasteiger partial charge on any atom is -0.496 e. The van der Waals surface area contributed by atoms with E-state index in [1.807, 2.05) is 37.3 Å². The van der Waals surface area contributed by atoms with Crippen molar-refractivity contribution in [2.75, 3.05) is 7.11 Å². The molecule has 5 heteroatoms. The summed E-state index contributed by atoms with van der Waals surface area (Å²) in [7, 11) is 1.57. The predicted octanol–water partition coefficient (Wildman–Crippen LogP) is 5.88. The molecule has 4 rings (SSSR count). The zero-order valence-electron chi connectivity index (χ0n) is 19.9. The van der Waals surface area contributed by atoms with Crippen LogP contribution in [-0.4, -0.2) is 22.6 Å². The van der Waals surface area contributed by atoms with Gasteiger partial charge in [-0.1, -0.05) is 69.3 Å². The quantitative estimate of drug-likeness (QED) is 0.406. The van der Waals surface area contributed by atoms with Crippen molar-refractivity contribution in [3.8, 4) is 5.75 Å². The molecule has 5 nitrogen and oxygen atoms in total. The molecule has 0 bridgehead atoms. The number of fused-ring (bicyclic) bond motifs is 1. The van der Waals surface area contributed by atoms with Gasteiger partial charge in [0.15, 0.2) is 0 Å². The third kappa shape index (κ3) is 4.77. The van der Waals surface area contributed by atoms with Gasteiger partial charge in [-0.25, -0.2) is 4.98 Å². The molecule has 0 aliphatic rings. The molecule has 1 unspecified atom stereocenters. The number of rotatable bonds is 6. The number of nitrogens with one attached hydrogen (secondary N) is 1. The summed E-state index contributed by atoms with van der Waals surface area (Å²) < 4.78 is 7.55. The van der Waals surface area contributed by atoms with Crippen LogP contribution in [0.4, 0.5) is 0 Å². The summed E-state index contributed by atoms with van der Waals surface area (Å²) in [5, 5.41) is 3.10. The molecule has 0 saturated carbocycles. The zero-order valence-corrected chi connectivity index (χ0v) is 19.9. The Hall–Kier alpha value is -3.60. The highest BCUT2D eigenvalue weighted by atomic mass is 16.5. The van der Waals surface area contributed by atoms with Gasteiger partial charge in [0.2, 0.25) is 0 Å². The van der Waals surface area contributed by atoms with Gasteiger partial charge in [0, 0.05) is 6.54 Å². The molecule has 33 heavy (non-hydrogen) atoms. The highest BCUT2D eigenvalue weighted by Gasteiger charge is 2.21. The fourth-order valence-electron chi connectivity index (χ4n) is 4.05. The first kappa shape index (κ1) is 22.6. The number of benzene rings is 3. The minimum atomic E-state index is -0.288. The first-order valence-electron chi connectivity index (χ1n) is 11.3. The number of imidazole rings is 1. The Balaban J connectivity index is 1.65. The standard InChI is InChI=1S/C28H31N3O2/c1-19(29-27(32)22-10-6-9-13-25(22)33-5)26-30-23-11-7-8-12-24(23)31(26)18-20-14-16-21(17-15-20)28(2,3)4/h6-17,19H,18H2,1-5H3,(H,29,32). The van der Waals surface area contributed by atoms with Crippen LogP contribution in [0.1, 0.15) is 61.0 Å². The molecule has 0 aliphatic carbocycles. The van der Waals surface area contributed by atoms with E-state index in [9.17, 15) is 4.79 Å². The van der Waals surface area contributed by atoms with E-state index in [1.165, 1.54) is 11.1 Å². The van der Waals surface area contributed by atoms with Crippen molar-refractivity contribution in [2.45, 2.75) is 45.7 Å². The average Bonchev–Trinajstić information content (AvgIpc) is 3.17. The second-order valence-corrected chi connectivity index (χ2v) is 9.39. The van der Waals surface area contributed by atoms with E-state index < -0.39 is 0 Å². The second-order valence-electron chi connectivity index (χ2n) is 9.39. The molecule has 4 aromatic rings. The molecule has 3 aromatic carbocycles. The van der Waals surface area contributed by atoms with Crippen molar-refractivity contribution in [3.63, 3.8) is 0 Å². The van der Waals surface area contributed by atoms with Crippen molar-refractivity contribution in [2.24, 2.45) is 0 Å². The Morgan fingerprint density at radius 2 is 1.67 bits per heavy atom. The monoisotopic (exact) mass is 441 g/mol. The normalized spacial score (nSPS) is 12.5. The van der Waals surface area contributed by atoms with E-state index in [0.29, 0.717) is 17.9 Å². The van der Waals surface area contributed by atoms with Crippen molar-refractivity contribution in [1.29, 1.82) is 0 Å². The third-order valence-electron chi connectivity index (χ3n) is 5.93. The summed E-state index contributed by atoms with van der Waals surface area (Å²) in [6, 6.07) is 23.8. The van der Waals surface area contributed by atoms with Crippen LogP contribution in [0.5, 0.6) is 5.75 Å². The van der Waals surface area contributed by atoms with E-state index in [2.05, 4.69) is 61.0 Å². The molecule has 0 spiro atoms. The number of amides is 1. The Morgan fingerprint density at radius 3 is 2.36 bits per heavy atom. The van der Waals surface area contributed by atoms with Gasteiger partial charge < -0.3 is 14.6 Å². The average molecular weight is 442 g/mol. The first-order chi connectivity index (χ1) is 15.8. The largest absolute Gasteiger partial charge is 0.496 e. The lowest BCUT2D eigenvalue weighted by molar-refractivity contribution is 0.0934. The van der Waals surface area contributed by atoms with Crippen molar-refractivity contribution < 1.29 is 9.53 Å². The lowest BCUT2D eigenvalue weighted by atomic mass is 9.87. The Kier molecular flexibility index (Phi) is 6.23. The summed E-state index contributed by atoms with van der Waals surface area (Å²) in [5.41, 5.74) is 5.08. The van der Waals surface area contributed by atoms with Gasteiger partial charge in [0.25, 0.3) is 5.91 Å². The molecule has 0 fully saturated rings. The first-order valence-corrected chi connectivity index (χ1v) is 11.3. The summed E-state index contributed by atoms with van der Waals surface area (Å²) in [4.78, 5) is 17.9. The molecule has 1 atom stereocenters. The Morgan fingerprint density at radius 1 is 1.00 bits per heavy atom. The zero-order chi connectivity index (χ0) is 23.6. The highest BCUT2D eigenvalue weighted by Crippen LogP contribution is 2.26. The van der Waals surface area contributed by atoms with Crippen LogP contribution >= 0.6 is 0 Å². The Labute approximate surface area is 195 Å². The molecule has 0 aliphatic heterocycles. The maximum atomic E-state index is 13.0. The fraction of sp³-hybridized carbons (Fsp3) is 0.286. The van der Waals surface area contributed by atoms with Crippen LogP contribution in [0.2, 0.25) is 0 Å². The molecule has 1 N–H and O–H groups in total. The van der Waals surface area contributed by atoms with Gasteiger partial charge >= 0.3 is 0 Å². The van der Waals surface area contributed by atoms with Gasteiger partial charge in [-0.2, -0.15) is 0 Å². The molecule has 1 amide bonds. The number of hydrogen-bond acceptors (Lipinski definition) is 3. The van der Waals surface area contributed by atoms with Gasteiger partial charge in [0.1, 0.15) is 11.6 Å². The van der Waals surface area contributed by atoms with Crippen molar-refractivity contribution in [3.05, 3.63) is 95.3 Å². The molecule has 1 heterocycles. The minimum absolute atomic E-state index is 0.114. The van der Waals surface area contributed by atoms with E-state index >= 15 is 0 Å². The topological polar surface area (TPSA) is 56.1 Å². The number of para-hydroxylation sites is 3. The van der Waals surface area contributed by atoms with Crippen molar-refractivity contribution in [1.82, 2.24) is 14.9 Å². The number of hydrogen-bond donors (Lipinski definition) is 1. The van der Waals surface area contributed by atoms with Gasteiger partial charge in [-0.15, -0.1) is 0 Å². The SMILES string of the molecule is COc1ccccc1C(=O)NC(C)c1nc2ccccc2n1Cc1ccc(C(C)(C)C)cc1.